The lowest BCUT2D eigenvalue weighted by molar-refractivity contribution is 0.117. The highest BCUT2D eigenvalue weighted by Gasteiger charge is 2.27. The second kappa shape index (κ2) is 7.82. The first-order chi connectivity index (χ1) is 11.2. The summed E-state index contributed by atoms with van der Waals surface area (Å²) in [4.78, 5) is 12.1. The van der Waals surface area contributed by atoms with Crippen molar-refractivity contribution < 1.29 is 9.90 Å². The Labute approximate surface area is 138 Å². The minimum absolute atomic E-state index is 0.0308. The third-order valence-corrected chi connectivity index (χ3v) is 5.28. The minimum atomic E-state index is -0.176. The van der Waals surface area contributed by atoms with Crippen molar-refractivity contribution in [2.75, 3.05) is 0 Å². The van der Waals surface area contributed by atoms with Gasteiger partial charge in [0.1, 0.15) is 0 Å². The molecule has 0 aromatic heterocycles. The number of aliphatic hydroxyl groups is 1. The first-order valence-corrected chi connectivity index (χ1v) is 8.98. The Morgan fingerprint density at radius 2 is 1.61 bits per heavy atom. The van der Waals surface area contributed by atoms with E-state index >= 15 is 0 Å². The standard InChI is InChI=1S/C19H28N2O2/c22-18-10-8-16(9-11-18)20-19(23)21-17-7-6-15(13-17)12-14-4-2-1-3-5-14/h1-5,15-18,22H,6-13H2,(H2,20,21,23)/t15-,16?,17+,18?/m1/s1. The van der Waals surface area contributed by atoms with E-state index in [4.69, 9.17) is 0 Å². The molecule has 1 aromatic carbocycles. The molecule has 3 rings (SSSR count). The molecule has 1 aromatic rings. The summed E-state index contributed by atoms with van der Waals surface area (Å²) in [5, 5.41) is 15.7. The maximum Gasteiger partial charge on any atom is 0.315 e. The van der Waals surface area contributed by atoms with E-state index in [9.17, 15) is 9.90 Å². The number of carbonyl (C=O) groups excluding carboxylic acids is 1. The average Bonchev–Trinajstić information content (AvgIpc) is 2.97. The molecular weight excluding hydrogens is 288 g/mol. The first kappa shape index (κ1) is 16.3. The number of nitrogens with one attached hydrogen (secondary N) is 2. The molecule has 2 fully saturated rings. The quantitative estimate of drug-likeness (QED) is 0.799. The number of carbonyl (C=O) groups is 1. The Kier molecular flexibility index (Phi) is 5.55. The number of urea groups is 1. The van der Waals surface area contributed by atoms with Crippen molar-refractivity contribution in [3.63, 3.8) is 0 Å². The monoisotopic (exact) mass is 316 g/mol. The van der Waals surface area contributed by atoms with Crippen LogP contribution in [0.3, 0.4) is 0 Å². The van der Waals surface area contributed by atoms with Gasteiger partial charge in [-0.1, -0.05) is 30.3 Å². The molecule has 0 heterocycles. The van der Waals surface area contributed by atoms with Gasteiger partial charge in [-0.15, -0.1) is 0 Å². The van der Waals surface area contributed by atoms with Gasteiger partial charge in [0.2, 0.25) is 0 Å². The molecule has 0 aliphatic heterocycles. The molecule has 2 atom stereocenters. The van der Waals surface area contributed by atoms with Crippen LogP contribution in [0.1, 0.15) is 50.5 Å². The minimum Gasteiger partial charge on any atom is -0.393 e. The molecule has 0 unspecified atom stereocenters. The van der Waals surface area contributed by atoms with Crippen LogP contribution in [-0.2, 0) is 6.42 Å². The van der Waals surface area contributed by atoms with E-state index < -0.39 is 0 Å². The topological polar surface area (TPSA) is 61.4 Å². The molecule has 126 valence electrons. The molecule has 3 N–H and O–H groups in total. The highest BCUT2D eigenvalue weighted by atomic mass is 16.3. The lowest BCUT2D eigenvalue weighted by atomic mass is 9.93. The van der Waals surface area contributed by atoms with Gasteiger partial charge in [0.25, 0.3) is 0 Å². The molecule has 0 radical (unpaired) electrons. The van der Waals surface area contributed by atoms with E-state index in [0.29, 0.717) is 12.0 Å². The maximum atomic E-state index is 12.1. The molecule has 2 aliphatic rings. The number of benzene rings is 1. The Morgan fingerprint density at radius 1 is 0.957 bits per heavy atom. The van der Waals surface area contributed by atoms with Crippen LogP contribution in [0.15, 0.2) is 30.3 Å². The maximum absolute atomic E-state index is 12.1. The summed E-state index contributed by atoms with van der Waals surface area (Å²) in [6.07, 6.45) is 7.65. The zero-order chi connectivity index (χ0) is 16.1. The predicted octanol–water partition coefficient (Wildman–Crippen LogP) is 3.00. The van der Waals surface area contributed by atoms with Gasteiger partial charge in [-0.2, -0.15) is 0 Å². The zero-order valence-corrected chi connectivity index (χ0v) is 13.7. The van der Waals surface area contributed by atoms with Crippen LogP contribution in [0.4, 0.5) is 4.79 Å². The Bertz CT molecular complexity index is 497. The van der Waals surface area contributed by atoms with E-state index in [2.05, 4.69) is 41.0 Å². The zero-order valence-electron chi connectivity index (χ0n) is 13.7. The fourth-order valence-corrected chi connectivity index (χ4v) is 3.97. The summed E-state index contributed by atoms with van der Waals surface area (Å²) in [6, 6.07) is 11.1. The van der Waals surface area contributed by atoms with Gasteiger partial charge < -0.3 is 15.7 Å². The highest BCUT2D eigenvalue weighted by molar-refractivity contribution is 5.74. The van der Waals surface area contributed by atoms with Gasteiger partial charge in [0.15, 0.2) is 0 Å². The molecule has 2 amide bonds. The van der Waals surface area contributed by atoms with E-state index in [1.165, 1.54) is 12.0 Å². The van der Waals surface area contributed by atoms with Gasteiger partial charge >= 0.3 is 6.03 Å². The van der Waals surface area contributed by atoms with Crippen molar-refractivity contribution in [3.05, 3.63) is 35.9 Å². The van der Waals surface area contributed by atoms with Crippen LogP contribution in [0.25, 0.3) is 0 Å². The Balaban J connectivity index is 1.38. The van der Waals surface area contributed by atoms with Crippen LogP contribution in [0.5, 0.6) is 0 Å². The highest BCUT2D eigenvalue weighted by Crippen LogP contribution is 2.28. The van der Waals surface area contributed by atoms with Gasteiger partial charge in [-0.05, 0) is 62.8 Å². The summed E-state index contributed by atoms with van der Waals surface area (Å²) < 4.78 is 0. The van der Waals surface area contributed by atoms with Crippen molar-refractivity contribution in [3.8, 4) is 0 Å². The van der Waals surface area contributed by atoms with E-state index in [1.54, 1.807) is 0 Å². The molecule has 0 bridgehead atoms. The van der Waals surface area contributed by atoms with Crippen LogP contribution in [0.2, 0.25) is 0 Å². The normalized spacial score (nSPS) is 30.8. The lowest BCUT2D eigenvalue weighted by Crippen LogP contribution is -2.47. The van der Waals surface area contributed by atoms with Crippen LogP contribution < -0.4 is 10.6 Å². The fraction of sp³-hybridized carbons (Fsp3) is 0.632. The number of rotatable bonds is 4. The van der Waals surface area contributed by atoms with Crippen molar-refractivity contribution in [2.24, 2.45) is 5.92 Å². The van der Waals surface area contributed by atoms with Gasteiger partial charge in [-0.25, -0.2) is 4.79 Å². The molecule has 0 saturated heterocycles. The summed E-state index contributed by atoms with van der Waals surface area (Å²) in [5.41, 5.74) is 1.39. The summed E-state index contributed by atoms with van der Waals surface area (Å²) in [7, 11) is 0. The molecule has 23 heavy (non-hydrogen) atoms. The second-order valence-corrected chi connectivity index (χ2v) is 7.19. The van der Waals surface area contributed by atoms with Crippen molar-refractivity contribution in [1.82, 2.24) is 10.6 Å². The molecule has 4 nitrogen and oxygen atoms in total. The SMILES string of the molecule is O=C(NC1CCC(O)CC1)N[C@H]1CC[C@H](Cc2ccccc2)C1. The summed E-state index contributed by atoms with van der Waals surface area (Å²) >= 11 is 0. The van der Waals surface area contributed by atoms with Gasteiger partial charge in [0, 0.05) is 12.1 Å². The van der Waals surface area contributed by atoms with E-state index in [1.807, 2.05) is 0 Å². The summed E-state index contributed by atoms with van der Waals surface area (Å²) in [6.45, 7) is 0. The number of hydrogen-bond donors (Lipinski definition) is 3. The lowest BCUT2D eigenvalue weighted by Gasteiger charge is -2.27. The predicted molar refractivity (Wildman–Crippen MR) is 91.2 cm³/mol. The summed E-state index contributed by atoms with van der Waals surface area (Å²) in [5.74, 6) is 0.674. The van der Waals surface area contributed by atoms with Gasteiger partial charge in [-0.3, -0.25) is 0 Å². The van der Waals surface area contributed by atoms with Crippen molar-refractivity contribution in [2.45, 2.75) is 69.6 Å². The molecule has 4 heteroatoms. The number of hydrogen-bond acceptors (Lipinski definition) is 2. The number of aliphatic hydroxyl groups excluding tert-OH is 1. The molecular formula is C19H28N2O2. The number of amides is 2. The molecule has 2 saturated carbocycles. The van der Waals surface area contributed by atoms with Gasteiger partial charge in [0.05, 0.1) is 6.10 Å². The second-order valence-electron chi connectivity index (χ2n) is 7.19. The Morgan fingerprint density at radius 3 is 2.35 bits per heavy atom. The van der Waals surface area contributed by atoms with Crippen LogP contribution in [0, 0.1) is 5.92 Å². The van der Waals surface area contributed by atoms with Crippen LogP contribution in [-0.4, -0.2) is 29.3 Å². The van der Waals surface area contributed by atoms with Crippen molar-refractivity contribution in [1.29, 1.82) is 0 Å². The Hall–Kier alpha value is -1.55. The first-order valence-electron chi connectivity index (χ1n) is 8.98. The average molecular weight is 316 g/mol. The fourth-order valence-electron chi connectivity index (χ4n) is 3.97. The third kappa shape index (κ3) is 4.96. The largest absolute Gasteiger partial charge is 0.393 e. The van der Waals surface area contributed by atoms with E-state index in [-0.39, 0.29) is 18.2 Å². The smallest absolute Gasteiger partial charge is 0.315 e. The molecule has 2 aliphatic carbocycles. The molecule has 0 spiro atoms. The van der Waals surface area contributed by atoms with Crippen LogP contribution >= 0.6 is 0 Å². The van der Waals surface area contributed by atoms with Crippen molar-refractivity contribution >= 4 is 6.03 Å². The van der Waals surface area contributed by atoms with E-state index in [0.717, 1.165) is 44.9 Å². The third-order valence-electron chi connectivity index (χ3n) is 5.28.